The molecule has 0 fully saturated rings. The van der Waals surface area contributed by atoms with Crippen molar-refractivity contribution in [3.63, 3.8) is 0 Å². The third-order valence-corrected chi connectivity index (χ3v) is 2.26. The molecule has 6 nitrogen and oxygen atoms in total. The quantitative estimate of drug-likeness (QED) is 0.527. The molecule has 0 aliphatic carbocycles. The first kappa shape index (κ1) is 8.89. The van der Waals surface area contributed by atoms with E-state index in [4.69, 9.17) is 5.11 Å². The van der Waals surface area contributed by atoms with Crippen LogP contribution in [-0.2, 0) is 17.8 Å². The lowest BCUT2D eigenvalue weighted by molar-refractivity contribution is -0.139. The zero-order valence-corrected chi connectivity index (χ0v) is 7.28. The standard InChI is InChI=1S/C8H9N3O3/c12-7-4-1-5(8(13)14)9-2-6(4)10-3-11-7/h3,5,9H,1-2H2,(H,13,14)(H,10,11,12). The molecule has 0 saturated carbocycles. The molecule has 14 heavy (non-hydrogen) atoms. The van der Waals surface area contributed by atoms with Crippen LogP contribution >= 0.6 is 0 Å². The number of rotatable bonds is 1. The lowest BCUT2D eigenvalue weighted by atomic mass is 10.0. The number of hydrogen-bond acceptors (Lipinski definition) is 4. The summed E-state index contributed by atoms with van der Waals surface area (Å²) in [4.78, 5) is 28.4. The zero-order chi connectivity index (χ0) is 10.1. The van der Waals surface area contributed by atoms with Crippen molar-refractivity contribution in [3.05, 3.63) is 27.9 Å². The molecule has 0 saturated heterocycles. The van der Waals surface area contributed by atoms with Gasteiger partial charge in [-0.3, -0.25) is 14.9 Å². The SMILES string of the molecule is O=C(O)C1Cc2c(nc[nH]c2=O)CN1. The maximum Gasteiger partial charge on any atom is 0.321 e. The average Bonchev–Trinajstić information content (AvgIpc) is 2.18. The molecule has 1 aliphatic heterocycles. The second-order valence-corrected chi connectivity index (χ2v) is 3.13. The van der Waals surface area contributed by atoms with Gasteiger partial charge >= 0.3 is 5.97 Å². The van der Waals surface area contributed by atoms with Gasteiger partial charge in [0.25, 0.3) is 5.56 Å². The second-order valence-electron chi connectivity index (χ2n) is 3.13. The summed E-state index contributed by atoms with van der Waals surface area (Å²) in [7, 11) is 0. The molecule has 2 rings (SSSR count). The zero-order valence-electron chi connectivity index (χ0n) is 7.28. The Morgan fingerprint density at radius 1 is 1.64 bits per heavy atom. The van der Waals surface area contributed by atoms with Gasteiger partial charge in [-0.15, -0.1) is 0 Å². The monoisotopic (exact) mass is 195 g/mol. The second kappa shape index (κ2) is 3.22. The topological polar surface area (TPSA) is 95.1 Å². The van der Waals surface area contributed by atoms with Crippen molar-refractivity contribution < 1.29 is 9.90 Å². The predicted octanol–water partition coefficient (Wildman–Crippen LogP) is -1.13. The average molecular weight is 195 g/mol. The minimum Gasteiger partial charge on any atom is -0.480 e. The van der Waals surface area contributed by atoms with Gasteiger partial charge in [0.15, 0.2) is 0 Å². The first-order valence-corrected chi connectivity index (χ1v) is 4.20. The van der Waals surface area contributed by atoms with E-state index >= 15 is 0 Å². The Kier molecular flexibility index (Phi) is 2.05. The number of carboxylic acids is 1. The van der Waals surface area contributed by atoms with Crippen LogP contribution in [0, 0.1) is 0 Å². The molecule has 1 aromatic rings. The molecule has 2 heterocycles. The number of aliphatic carboxylic acids is 1. The van der Waals surface area contributed by atoms with Crippen LogP contribution in [0.5, 0.6) is 0 Å². The number of carboxylic acid groups (broad SMARTS) is 1. The number of hydrogen-bond donors (Lipinski definition) is 3. The minimum atomic E-state index is -0.945. The highest BCUT2D eigenvalue weighted by atomic mass is 16.4. The lowest BCUT2D eigenvalue weighted by Crippen LogP contribution is -2.44. The van der Waals surface area contributed by atoms with Crippen molar-refractivity contribution in [2.45, 2.75) is 19.0 Å². The van der Waals surface area contributed by atoms with Crippen LogP contribution in [0.4, 0.5) is 0 Å². The number of aromatic nitrogens is 2. The Labute approximate surface area is 79.0 Å². The van der Waals surface area contributed by atoms with Crippen LogP contribution < -0.4 is 10.9 Å². The summed E-state index contributed by atoms with van der Waals surface area (Å²) in [6.45, 7) is 0.330. The van der Waals surface area contributed by atoms with Gasteiger partial charge in [0.1, 0.15) is 6.04 Å². The summed E-state index contributed by atoms with van der Waals surface area (Å²) < 4.78 is 0. The van der Waals surface area contributed by atoms with Gasteiger partial charge in [-0.2, -0.15) is 0 Å². The van der Waals surface area contributed by atoms with Crippen molar-refractivity contribution in [1.29, 1.82) is 0 Å². The molecule has 1 aliphatic rings. The van der Waals surface area contributed by atoms with Crippen LogP contribution in [0.3, 0.4) is 0 Å². The summed E-state index contributed by atoms with van der Waals surface area (Å²) in [6, 6.07) is -0.687. The van der Waals surface area contributed by atoms with Crippen LogP contribution in [-0.4, -0.2) is 27.1 Å². The molecule has 0 aromatic carbocycles. The van der Waals surface area contributed by atoms with Crippen molar-refractivity contribution in [3.8, 4) is 0 Å². The summed E-state index contributed by atoms with van der Waals surface area (Å²) in [5.41, 5.74) is 0.854. The maximum atomic E-state index is 11.3. The lowest BCUT2D eigenvalue weighted by Gasteiger charge is -2.20. The first-order valence-electron chi connectivity index (χ1n) is 4.20. The molecule has 3 N–H and O–H groups in total. The molecule has 0 amide bonds. The number of H-pyrrole nitrogens is 1. The Bertz CT molecular complexity index is 426. The Hall–Kier alpha value is -1.69. The normalized spacial score (nSPS) is 20.1. The van der Waals surface area contributed by atoms with Gasteiger partial charge in [0, 0.05) is 18.5 Å². The van der Waals surface area contributed by atoms with Crippen molar-refractivity contribution >= 4 is 5.97 Å². The molecule has 0 radical (unpaired) electrons. The van der Waals surface area contributed by atoms with E-state index in [0.717, 1.165) is 0 Å². The van der Waals surface area contributed by atoms with E-state index in [2.05, 4.69) is 15.3 Å². The number of nitrogens with one attached hydrogen (secondary N) is 2. The van der Waals surface area contributed by atoms with Gasteiger partial charge in [-0.1, -0.05) is 0 Å². The third kappa shape index (κ3) is 1.39. The van der Waals surface area contributed by atoms with Gasteiger partial charge in [0.05, 0.1) is 12.0 Å². The molecule has 74 valence electrons. The fourth-order valence-corrected chi connectivity index (χ4v) is 1.50. The fraction of sp³-hybridized carbons (Fsp3) is 0.375. The highest BCUT2D eigenvalue weighted by Gasteiger charge is 2.25. The molecule has 1 unspecified atom stereocenters. The summed E-state index contributed by atoms with van der Waals surface area (Å²) >= 11 is 0. The largest absolute Gasteiger partial charge is 0.480 e. The molecule has 1 atom stereocenters. The Morgan fingerprint density at radius 2 is 2.43 bits per heavy atom. The smallest absolute Gasteiger partial charge is 0.321 e. The number of carbonyl (C=O) groups is 1. The maximum absolute atomic E-state index is 11.3. The summed E-state index contributed by atoms with van der Waals surface area (Å²) in [5, 5.41) is 11.5. The third-order valence-electron chi connectivity index (χ3n) is 2.26. The highest BCUT2D eigenvalue weighted by molar-refractivity contribution is 5.74. The molecular weight excluding hydrogens is 186 g/mol. The van der Waals surface area contributed by atoms with Crippen LogP contribution in [0.15, 0.2) is 11.1 Å². The highest BCUT2D eigenvalue weighted by Crippen LogP contribution is 2.09. The molecule has 0 bridgehead atoms. The van der Waals surface area contributed by atoms with E-state index in [9.17, 15) is 9.59 Å². The van der Waals surface area contributed by atoms with E-state index in [1.54, 1.807) is 0 Å². The van der Waals surface area contributed by atoms with Crippen molar-refractivity contribution in [2.24, 2.45) is 0 Å². The minimum absolute atomic E-state index is 0.188. The molecule has 1 aromatic heterocycles. The fourth-order valence-electron chi connectivity index (χ4n) is 1.50. The Balaban J connectivity index is 2.38. The van der Waals surface area contributed by atoms with Crippen molar-refractivity contribution in [2.75, 3.05) is 0 Å². The van der Waals surface area contributed by atoms with Crippen LogP contribution in [0.25, 0.3) is 0 Å². The van der Waals surface area contributed by atoms with Gasteiger partial charge < -0.3 is 10.1 Å². The number of nitrogens with zero attached hydrogens (tertiary/aromatic N) is 1. The van der Waals surface area contributed by atoms with E-state index in [0.29, 0.717) is 17.8 Å². The molecule has 6 heteroatoms. The Morgan fingerprint density at radius 3 is 3.14 bits per heavy atom. The van der Waals surface area contributed by atoms with E-state index in [1.807, 2.05) is 0 Å². The van der Waals surface area contributed by atoms with Gasteiger partial charge in [-0.05, 0) is 0 Å². The molecular formula is C8H9N3O3. The van der Waals surface area contributed by atoms with E-state index < -0.39 is 12.0 Å². The summed E-state index contributed by atoms with van der Waals surface area (Å²) in [6.07, 6.45) is 1.51. The van der Waals surface area contributed by atoms with Crippen LogP contribution in [0.2, 0.25) is 0 Å². The van der Waals surface area contributed by atoms with Crippen molar-refractivity contribution in [1.82, 2.24) is 15.3 Å². The van der Waals surface area contributed by atoms with E-state index in [-0.39, 0.29) is 12.0 Å². The summed E-state index contributed by atoms with van der Waals surface area (Å²) in [5.74, 6) is -0.945. The van der Waals surface area contributed by atoms with Gasteiger partial charge in [0.2, 0.25) is 0 Å². The first-order chi connectivity index (χ1) is 6.68. The van der Waals surface area contributed by atoms with Gasteiger partial charge in [-0.25, -0.2) is 4.98 Å². The number of fused-ring (bicyclic) bond motifs is 1. The molecule has 0 spiro atoms. The van der Waals surface area contributed by atoms with E-state index in [1.165, 1.54) is 6.33 Å². The predicted molar refractivity (Wildman–Crippen MR) is 46.8 cm³/mol. The van der Waals surface area contributed by atoms with Crippen LogP contribution in [0.1, 0.15) is 11.3 Å². The number of aromatic amines is 1.